The van der Waals surface area contributed by atoms with E-state index in [1.807, 2.05) is 55.5 Å². The standard InChI is InChI=1S/C29H30N2O5/c1-20-4-11-27-24(17-20)19-25(29(33)36-27)18-23(28(32)31-34)8-5-22-6-9-26(10-7-22)35-16-2-3-21-12-14-30-15-13-21/h4,6-7,9-15,17,19,23,34H,2-3,5,8,16,18H2,1H3,(H,31,32). The van der Waals surface area contributed by atoms with Crippen LogP contribution in [0, 0.1) is 12.8 Å². The Labute approximate surface area is 209 Å². The summed E-state index contributed by atoms with van der Waals surface area (Å²) in [6.07, 6.45) is 6.68. The monoisotopic (exact) mass is 486 g/mol. The van der Waals surface area contributed by atoms with Crippen molar-refractivity contribution < 1.29 is 19.2 Å². The van der Waals surface area contributed by atoms with E-state index in [9.17, 15) is 14.8 Å². The van der Waals surface area contributed by atoms with Crippen molar-refractivity contribution in [2.24, 2.45) is 5.92 Å². The van der Waals surface area contributed by atoms with Gasteiger partial charge < -0.3 is 9.15 Å². The number of carbonyl (C=O) groups is 1. The number of pyridine rings is 1. The van der Waals surface area contributed by atoms with E-state index in [0.29, 0.717) is 30.6 Å². The SMILES string of the molecule is Cc1ccc2oc(=O)c(CC(CCc3ccc(OCCCc4ccncc4)cc3)C(=O)NO)cc2c1. The second kappa shape index (κ2) is 12.1. The van der Waals surface area contributed by atoms with Crippen molar-refractivity contribution in [2.45, 2.75) is 39.0 Å². The number of nitrogens with zero attached hydrogens (tertiary/aromatic N) is 1. The smallest absolute Gasteiger partial charge is 0.339 e. The van der Waals surface area contributed by atoms with Gasteiger partial charge in [0, 0.05) is 29.3 Å². The molecular formula is C29H30N2O5. The van der Waals surface area contributed by atoms with Gasteiger partial charge in [0.15, 0.2) is 0 Å². The van der Waals surface area contributed by atoms with Crippen LogP contribution in [0.5, 0.6) is 5.75 Å². The van der Waals surface area contributed by atoms with Crippen molar-refractivity contribution in [1.82, 2.24) is 10.5 Å². The number of amides is 1. The molecule has 4 aromatic rings. The zero-order chi connectivity index (χ0) is 25.3. The maximum Gasteiger partial charge on any atom is 0.339 e. The maximum absolute atomic E-state index is 12.5. The minimum atomic E-state index is -0.579. The van der Waals surface area contributed by atoms with Gasteiger partial charge in [0.2, 0.25) is 5.91 Å². The average Bonchev–Trinajstić information content (AvgIpc) is 2.90. The lowest BCUT2D eigenvalue weighted by Crippen LogP contribution is -2.31. The number of aromatic nitrogens is 1. The topological polar surface area (TPSA) is 102 Å². The summed E-state index contributed by atoms with van der Waals surface area (Å²) in [4.78, 5) is 28.9. The number of fused-ring (bicyclic) bond motifs is 1. The van der Waals surface area contributed by atoms with E-state index in [0.717, 1.165) is 35.1 Å². The lowest BCUT2D eigenvalue weighted by Gasteiger charge is -2.15. The third-order valence-corrected chi connectivity index (χ3v) is 6.24. The Bertz CT molecular complexity index is 1350. The molecule has 7 nitrogen and oxygen atoms in total. The molecule has 0 radical (unpaired) electrons. The minimum Gasteiger partial charge on any atom is -0.494 e. The second-order valence-electron chi connectivity index (χ2n) is 8.97. The molecule has 0 aliphatic heterocycles. The minimum absolute atomic E-state index is 0.178. The average molecular weight is 487 g/mol. The largest absolute Gasteiger partial charge is 0.494 e. The van der Waals surface area contributed by atoms with Crippen LogP contribution in [0.4, 0.5) is 0 Å². The van der Waals surface area contributed by atoms with Crippen LogP contribution in [0.1, 0.15) is 35.1 Å². The zero-order valence-electron chi connectivity index (χ0n) is 20.3. The summed E-state index contributed by atoms with van der Waals surface area (Å²) in [6, 6.07) is 19.1. The summed E-state index contributed by atoms with van der Waals surface area (Å²) in [5, 5.41) is 10.1. The van der Waals surface area contributed by atoms with Gasteiger partial charge >= 0.3 is 5.63 Å². The highest BCUT2D eigenvalue weighted by Gasteiger charge is 2.21. The summed E-state index contributed by atoms with van der Waals surface area (Å²) in [6.45, 7) is 2.58. The Kier molecular flexibility index (Phi) is 8.47. The summed E-state index contributed by atoms with van der Waals surface area (Å²) < 4.78 is 11.3. The highest BCUT2D eigenvalue weighted by molar-refractivity contribution is 5.79. The summed E-state index contributed by atoms with van der Waals surface area (Å²) in [5.74, 6) is -0.306. The van der Waals surface area contributed by atoms with E-state index < -0.39 is 17.5 Å². The molecule has 2 aromatic carbocycles. The molecule has 0 aliphatic rings. The molecule has 1 atom stereocenters. The van der Waals surface area contributed by atoms with Crippen molar-refractivity contribution in [2.75, 3.05) is 6.61 Å². The fourth-order valence-corrected chi connectivity index (χ4v) is 4.22. The zero-order valence-corrected chi connectivity index (χ0v) is 20.3. The third-order valence-electron chi connectivity index (χ3n) is 6.24. The highest BCUT2D eigenvalue weighted by atomic mass is 16.5. The van der Waals surface area contributed by atoms with Gasteiger partial charge in [-0.1, -0.05) is 23.8 Å². The molecule has 0 fully saturated rings. The number of aryl methyl sites for hydroxylation is 3. The van der Waals surface area contributed by atoms with E-state index in [2.05, 4.69) is 4.98 Å². The normalized spacial score (nSPS) is 11.8. The number of ether oxygens (including phenoxy) is 1. The summed E-state index contributed by atoms with van der Waals surface area (Å²) in [7, 11) is 0. The van der Waals surface area contributed by atoms with Gasteiger partial charge in [-0.2, -0.15) is 0 Å². The predicted molar refractivity (Wildman–Crippen MR) is 137 cm³/mol. The Hall–Kier alpha value is -3.97. The highest BCUT2D eigenvalue weighted by Crippen LogP contribution is 2.21. The van der Waals surface area contributed by atoms with Crippen molar-refractivity contribution >= 4 is 16.9 Å². The van der Waals surface area contributed by atoms with E-state index in [1.165, 1.54) is 5.56 Å². The number of hydrogen-bond acceptors (Lipinski definition) is 6. The molecule has 0 bridgehead atoms. The van der Waals surface area contributed by atoms with E-state index in [1.54, 1.807) is 30.0 Å². The molecule has 36 heavy (non-hydrogen) atoms. The molecule has 1 unspecified atom stereocenters. The molecule has 0 aliphatic carbocycles. The lowest BCUT2D eigenvalue weighted by molar-refractivity contribution is -0.133. The van der Waals surface area contributed by atoms with E-state index in [4.69, 9.17) is 9.15 Å². The molecule has 0 spiro atoms. The maximum atomic E-state index is 12.5. The van der Waals surface area contributed by atoms with Gasteiger partial charge in [-0.05, 0) is 92.6 Å². The van der Waals surface area contributed by atoms with Crippen molar-refractivity contribution in [3.8, 4) is 5.75 Å². The first-order valence-electron chi connectivity index (χ1n) is 12.1. The molecule has 0 saturated heterocycles. The number of nitrogens with one attached hydrogen (secondary N) is 1. The first-order valence-corrected chi connectivity index (χ1v) is 12.1. The van der Waals surface area contributed by atoms with Crippen LogP contribution in [0.25, 0.3) is 11.0 Å². The van der Waals surface area contributed by atoms with Crippen molar-refractivity contribution in [3.63, 3.8) is 0 Å². The molecule has 7 heteroatoms. The van der Waals surface area contributed by atoms with Gasteiger partial charge in [0.05, 0.1) is 6.61 Å². The number of carbonyl (C=O) groups excluding carboxylic acids is 1. The fourth-order valence-electron chi connectivity index (χ4n) is 4.22. The fraction of sp³-hybridized carbons (Fsp3) is 0.276. The Balaban J connectivity index is 1.33. The van der Waals surface area contributed by atoms with Gasteiger partial charge in [0.25, 0.3) is 0 Å². The second-order valence-corrected chi connectivity index (χ2v) is 8.97. The van der Waals surface area contributed by atoms with Crippen LogP contribution in [0.15, 0.2) is 82.3 Å². The van der Waals surface area contributed by atoms with Crippen LogP contribution in [-0.4, -0.2) is 22.7 Å². The molecule has 2 heterocycles. The molecular weight excluding hydrogens is 456 g/mol. The molecule has 2 N–H and O–H groups in total. The summed E-state index contributed by atoms with van der Waals surface area (Å²) >= 11 is 0. The van der Waals surface area contributed by atoms with Crippen LogP contribution in [0.3, 0.4) is 0 Å². The van der Waals surface area contributed by atoms with Crippen LogP contribution in [-0.2, 0) is 24.1 Å². The molecule has 1 amide bonds. The first-order chi connectivity index (χ1) is 17.5. The molecule has 2 aromatic heterocycles. The first kappa shape index (κ1) is 25.1. The van der Waals surface area contributed by atoms with Gasteiger partial charge in [-0.15, -0.1) is 0 Å². The number of hydrogen-bond donors (Lipinski definition) is 2. The van der Waals surface area contributed by atoms with Gasteiger partial charge in [-0.3, -0.25) is 15.0 Å². The third kappa shape index (κ3) is 6.79. The Morgan fingerprint density at radius 1 is 1.03 bits per heavy atom. The Morgan fingerprint density at radius 2 is 1.78 bits per heavy atom. The van der Waals surface area contributed by atoms with Gasteiger partial charge in [-0.25, -0.2) is 10.3 Å². The molecule has 0 saturated carbocycles. The van der Waals surface area contributed by atoms with Crippen molar-refractivity contribution in [3.05, 3.63) is 106 Å². The number of rotatable bonds is 11. The quantitative estimate of drug-likeness (QED) is 0.137. The molecule has 4 rings (SSSR count). The lowest BCUT2D eigenvalue weighted by atomic mass is 9.92. The number of benzene rings is 2. The van der Waals surface area contributed by atoms with Crippen molar-refractivity contribution in [1.29, 1.82) is 0 Å². The van der Waals surface area contributed by atoms with Crippen LogP contribution < -0.4 is 15.8 Å². The van der Waals surface area contributed by atoms with Crippen LogP contribution in [0.2, 0.25) is 0 Å². The molecule has 186 valence electrons. The van der Waals surface area contributed by atoms with E-state index in [-0.39, 0.29) is 6.42 Å². The van der Waals surface area contributed by atoms with Crippen LogP contribution >= 0.6 is 0 Å². The van der Waals surface area contributed by atoms with E-state index >= 15 is 0 Å². The summed E-state index contributed by atoms with van der Waals surface area (Å²) in [5.41, 5.74) is 5.53. The predicted octanol–water partition coefficient (Wildman–Crippen LogP) is 4.80. The number of hydroxylamine groups is 1. The Morgan fingerprint density at radius 3 is 2.53 bits per heavy atom. The van der Waals surface area contributed by atoms with Gasteiger partial charge in [0.1, 0.15) is 11.3 Å².